The van der Waals surface area contributed by atoms with Crippen LogP contribution in [0.5, 0.6) is 0 Å². The molecule has 3 fully saturated rings. The zero-order valence-corrected chi connectivity index (χ0v) is 11.2. The minimum atomic E-state index is -0.455. The van der Waals surface area contributed by atoms with Crippen LogP contribution in [0.4, 0.5) is 0 Å². The molecule has 4 heteroatoms. The van der Waals surface area contributed by atoms with Crippen LogP contribution in [0.1, 0.15) is 33.6 Å². The van der Waals surface area contributed by atoms with Crippen LogP contribution in [0.25, 0.3) is 0 Å². The van der Waals surface area contributed by atoms with E-state index in [9.17, 15) is 4.79 Å². The van der Waals surface area contributed by atoms with Gasteiger partial charge in [-0.3, -0.25) is 4.79 Å². The molecule has 0 aromatic carbocycles. The molecule has 0 aromatic rings. The highest BCUT2D eigenvalue weighted by molar-refractivity contribution is 5.78. The minimum absolute atomic E-state index is 0.0955. The van der Waals surface area contributed by atoms with Gasteiger partial charge in [0.15, 0.2) is 0 Å². The smallest absolute Gasteiger partial charge is 0.315 e. The first-order chi connectivity index (χ1) is 7.87. The fourth-order valence-corrected chi connectivity index (χ4v) is 3.10. The van der Waals surface area contributed by atoms with Crippen molar-refractivity contribution in [2.75, 3.05) is 26.2 Å². The third-order valence-corrected chi connectivity index (χ3v) is 4.04. The molecule has 0 saturated carbocycles. The summed E-state index contributed by atoms with van der Waals surface area (Å²) in [5, 5.41) is 0. The zero-order chi connectivity index (χ0) is 12.7. The van der Waals surface area contributed by atoms with Crippen LogP contribution in [-0.2, 0) is 9.53 Å². The first kappa shape index (κ1) is 12.8. The van der Waals surface area contributed by atoms with Crippen molar-refractivity contribution in [3.63, 3.8) is 0 Å². The van der Waals surface area contributed by atoms with Crippen molar-refractivity contribution in [2.24, 2.45) is 17.1 Å². The Morgan fingerprint density at radius 1 is 1.41 bits per heavy atom. The van der Waals surface area contributed by atoms with Crippen molar-refractivity contribution in [2.45, 2.75) is 39.2 Å². The Morgan fingerprint density at radius 3 is 2.35 bits per heavy atom. The molecule has 3 rings (SSSR count). The maximum absolute atomic E-state index is 12.4. The Bertz CT molecular complexity index is 303. The predicted octanol–water partition coefficient (Wildman–Crippen LogP) is 0.999. The van der Waals surface area contributed by atoms with Gasteiger partial charge in [0.2, 0.25) is 0 Å². The van der Waals surface area contributed by atoms with Crippen molar-refractivity contribution in [3.05, 3.63) is 0 Å². The summed E-state index contributed by atoms with van der Waals surface area (Å²) in [5.74, 6) is 0.314. The maximum Gasteiger partial charge on any atom is 0.315 e. The van der Waals surface area contributed by atoms with Crippen molar-refractivity contribution in [1.82, 2.24) is 4.90 Å². The van der Waals surface area contributed by atoms with Gasteiger partial charge in [0.05, 0.1) is 5.41 Å². The Hall–Kier alpha value is -0.610. The van der Waals surface area contributed by atoms with E-state index in [-0.39, 0.29) is 5.97 Å². The van der Waals surface area contributed by atoms with Crippen LogP contribution in [-0.4, -0.2) is 42.6 Å². The van der Waals surface area contributed by atoms with Gasteiger partial charge in [0.1, 0.15) is 5.60 Å². The topological polar surface area (TPSA) is 55.6 Å². The lowest BCUT2D eigenvalue weighted by molar-refractivity contribution is -0.179. The Morgan fingerprint density at radius 2 is 2.00 bits per heavy atom. The average Bonchev–Trinajstić information content (AvgIpc) is 2.28. The number of hydrogen-bond acceptors (Lipinski definition) is 4. The summed E-state index contributed by atoms with van der Waals surface area (Å²) in [6.45, 7) is 9.14. The lowest BCUT2D eigenvalue weighted by Crippen LogP contribution is -2.62. The second kappa shape index (κ2) is 4.25. The van der Waals surface area contributed by atoms with Crippen LogP contribution in [0, 0.1) is 11.3 Å². The highest BCUT2D eigenvalue weighted by Gasteiger charge is 2.52. The summed E-state index contributed by atoms with van der Waals surface area (Å²) in [7, 11) is 0. The molecule has 2 N–H and O–H groups in total. The summed E-state index contributed by atoms with van der Waals surface area (Å²) in [6, 6.07) is 0. The standard InChI is InChI=1S/C13H24N2O2/c1-12(2,3)17-11(16)13(8-14)9-15-6-4-10(13)5-7-15/h10H,4-9,14H2,1-3H3. The first-order valence-electron chi connectivity index (χ1n) is 6.53. The monoisotopic (exact) mass is 240 g/mol. The highest BCUT2D eigenvalue weighted by atomic mass is 16.6. The van der Waals surface area contributed by atoms with E-state index in [0.717, 1.165) is 32.5 Å². The van der Waals surface area contributed by atoms with Gasteiger partial charge in [0.25, 0.3) is 0 Å². The van der Waals surface area contributed by atoms with Gasteiger partial charge in [0, 0.05) is 13.1 Å². The molecule has 4 nitrogen and oxygen atoms in total. The lowest BCUT2D eigenvalue weighted by Gasteiger charge is -2.51. The molecule has 0 amide bonds. The molecule has 3 heterocycles. The number of hydrogen-bond donors (Lipinski definition) is 1. The van der Waals surface area contributed by atoms with E-state index in [1.54, 1.807) is 0 Å². The number of ether oxygens (including phenoxy) is 1. The summed E-state index contributed by atoms with van der Waals surface area (Å²) >= 11 is 0. The third kappa shape index (κ3) is 2.33. The van der Waals surface area contributed by atoms with Crippen molar-refractivity contribution < 1.29 is 9.53 Å². The molecule has 98 valence electrons. The van der Waals surface area contributed by atoms with Crippen LogP contribution >= 0.6 is 0 Å². The van der Waals surface area contributed by atoms with E-state index in [1.807, 2.05) is 20.8 Å². The molecule has 0 spiro atoms. The van der Waals surface area contributed by atoms with Crippen molar-refractivity contribution in [1.29, 1.82) is 0 Å². The molecule has 3 aliphatic heterocycles. The molecule has 3 aliphatic rings. The van der Waals surface area contributed by atoms with Gasteiger partial charge in [-0.05, 0) is 52.6 Å². The normalized spacial score (nSPS) is 36.9. The molecular weight excluding hydrogens is 216 g/mol. The Kier molecular flexibility index (Phi) is 3.21. The van der Waals surface area contributed by atoms with Crippen LogP contribution in [0.15, 0.2) is 0 Å². The summed E-state index contributed by atoms with van der Waals surface area (Å²) in [4.78, 5) is 14.8. The van der Waals surface area contributed by atoms with E-state index in [2.05, 4.69) is 4.90 Å². The number of nitrogens with zero attached hydrogens (tertiary/aromatic N) is 1. The second-order valence-corrected chi connectivity index (χ2v) is 6.41. The number of carbonyl (C=O) groups is 1. The largest absolute Gasteiger partial charge is 0.459 e. The fraction of sp³-hybridized carbons (Fsp3) is 0.923. The quantitative estimate of drug-likeness (QED) is 0.732. The van der Waals surface area contributed by atoms with Crippen molar-refractivity contribution in [3.8, 4) is 0 Å². The van der Waals surface area contributed by atoms with Gasteiger partial charge in [-0.25, -0.2) is 0 Å². The second-order valence-electron chi connectivity index (χ2n) is 6.41. The summed E-state index contributed by atoms with van der Waals surface area (Å²) in [5.41, 5.74) is 5.04. The van der Waals surface area contributed by atoms with Crippen molar-refractivity contribution >= 4 is 5.97 Å². The molecule has 3 saturated heterocycles. The minimum Gasteiger partial charge on any atom is -0.459 e. The molecule has 17 heavy (non-hydrogen) atoms. The van der Waals surface area contributed by atoms with E-state index < -0.39 is 11.0 Å². The Balaban J connectivity index is 2.17. The number of esters is 1. The predicted molar refractivity (Wildman–Crippen MR) is 66.5 cm³/mol. The molecule has 0 radical (unpaired) electrons. The van der Waals surface area contributed by atoms with Crippen LogP contribution < -0.4 is 5.73 Å². The SMILES string of the molecule is CC(C)(C)OC(=O)C1(CN)CN2CCC1CC2. The van der Waals surface area contributed by atoms with E-state index in [0.29, 0.717) is 12.5 Å². The number of nitrogens with two attached hydrogens (primary N) is 1. The molecule has 1 atom stereocenters. The third-order valence-electron chi connectivity index (χ3n) is 4.04. The maximum atomic E-state index is 12.4. The van der Waals surface area contributed by atoms with E-state index in [1.165, 1.54) is 0 Å². The number of carbonyl (C=O) groups excluding carboxylic acids is 1. The fourth-order valence-electron chi connectivity index (χ4n) is 3.10. The van der Waals surface area contributed by atoms with Gasteiger partial charge in [-0.15, -0.1) is 0 Å². The van der Waals surface area contributed by atoms with Crippen LogP contribution in [0.2, 0.25) is 0 Å². The van der Waals surface area contributed by atoms with Gasteiger partial charge >= 0.3 is 5.97 Å². The van der Waals surface area contributed by atoms with Gasteiger partial charge < -0.3 is 15.4 Å². The number of fused-ring (bicyclic) bond motifs is 3. The zero-order valence-electron chi connectivity index (χ0n) is 11.2. The van der Waals surface area contributed by atoms with Crippen LogP contribution in [0.3, 0.4) is 0 Å². The number of rotatable bonds is 2. The Labute approximate surface area is 103 Å². The first-order valence-corrected chi connectivity index (χ1v) is 6.53. The summed E-state index contributed by atoms with van der Waals surface area (Å²) < 4.78 is 5.58. The van der Waals surface area contributed by atoms with E-state index >= 15 is 0 Å². The number of piperidine rings is 3. The lowest BCUT2D eigenvalue weighted by atomic mass is 9.66. The highest BCUT2D eigenvalue weighted by Crippen LogP contribution is 2.43. The molecule has 1 unspecified atom stereocenters. The molecule has 0 aromatic heterocycles. The molecular formula is C13H24N2O2. The van der Waals surface area contributed by atoms with Gasteiger partial charge in [-0.1, -0.05) is 0 Å². The molecule has 2 bridgehead atoms. The van der Waals surface area contributed by atoms with Gasteiger partial charge in [-0.2, -0.15) is 0 Å². The summed E-state index contributed by atoms with van der Waals surface area (Å²) in [6.07, 6.45) is 2.16. The molecule has 0 aliphatic carbocycles. The average molecular weight is 240 g/mol. The van der Waals surface area contributed by atoms with E-state index in [4.69, 9.17) is 10.5 Å².